The second-order valence-corrected chi connectivity index (χ2v) is 7.51. The van der Waals surface area contributed by atoms with Gasteiger partial charge in [0.1, 0.15) is 5.82 Å². The zero-order valence-corrected chi connectivity index (χ0v) is 13.4. The monoisotopic (exact) mass is 330 g/mol. The first kappa shape index (κ1) is 17.3. The number of primary sulfonamides is 1. The molecule has 0 spiro atoms. The second-order valence-electron chi connectivity index (χ2n) is 5.95. The summed E-state index contributed by atoms with van der Waals surface area (Å²) in [5, 5.41) is 17.8. The molecule has 1 aromatic rings. The second kappa shape index (κ2) is 7.04. The number of hydrogen-bond donors (Lipinski definition) is 3. The molecule has 0 saturated heterocycles. The lowest BCUT2D eigenvalue weighted by molar-refractivity contribution is 0.189. The summed E-state index contributed by atoms with van der Waals surface area (Å²) in [7, 11) is -3.91. The fourth-order valence-electron chi connectivity index (χ4n) is 3.14. The van der Waals surface area contributed by atoms with Crippen molar-refractivity contribution in [2.24, 2.45) is 11.1 Å². The lowest BCUT2D eigenvalue weighted by atomic mass is 9.97. The molecule has 2 unspecified atom stereocenters. The lowest BCUT2D eigenvalue weighted by Gasteiger charge is -2.27. The molecule has 0 amide bonds. The molecule has 0 radical (unpaired) electrons. The normalized spacial score (nSPS) is 19.3. The van der Waals surface area contributed by atoms with Gasteiger partial charge in [-0.15, -0.1) is 0 Å². The molecule has 22 heavy (non-hydrogen) atoms. The maximum Gasteiger partial charge on any atom is 0.238 e. The van der Waals surface area contributed by atoms with Gasteiger partial charge in [0, 0.05) is 17.6 Å². The number of rotatable bonds is 6. The van der Waals surface area contributed by atoms with Crippen LogP contribution in [0.4, 0.5) is 4.39 Å². The minimum absolute atomic E-state index is 0.00584. The SMILES string of the molecule is CC(NC(CO)C1CCCC1)c1ccc(S(N)(=O)=O)cc1F. The van der Waals surface area contributed by atoms with E-state index in [1.54, 1.807) is 6.92 Å². The van der Waals surface area contributed by atoms with Crippen LogP contribution < -0.4 is 10.5 Å². The Hall–Kier alpha value is -1.02. The standard InChI is InChI=1S/C15H23FN2O3S/c1-10(18-15(9-19)11-4-2-3-5-11)13-7-6-12(8-14(13)16)22(17,20)21/h6-8,10-11,15,18-19H,2-5,9H2,1H3,(H2,17,20,21). The first-order valence-corrected chi connectivity index (χ1v) is 9.06. The van der Waals surface area contributed by atoms with Crippen molar-refractivity contribution >= 4 is 10.0 Å². The van der Waals surface area contributed by atoms with E-state index in [0.29, 0.717) is 11.5 Å². The third kappa shape index (κ3) is 4.04. The van der Waals surface area contributed by atoms with Crippen LogP contribution in [0.3, 0.4) is 0 Å². The Balaban J connectivity index is 2.13. The van der Waals surface area contributed by atoms with Crippen LogP contribution in [0.25, 0.3) is 0 Å². The van der Waals surface area contributed by atoms with E-state index in [0.717, 1.165) is 31.7 Å². The Morgan fingerprint density at radius 1 is 1.41 bits per heavy atom. The van der Waals surface area contributed by atoms with E-state index in [9.17, 15) is 17.9 Å². The molecule has 0 bridgehead atoms. The minimum atomic E-state index is -3.91. The van der Waals surface area contributed by atoms with Gasteiger partial charge < -0.3 is 10.4 Å². The quantitative estimate of drug-likeness (QED) is 0.740. The van der Waals surface area contributed by atoms with Gasteiger partial charge in [0.2, 0.25) is 10.0 Å². The molecule has 1 saturated carbocycles. The van der Waals surface area contributed by atoms with Crippen molar-refractivity contribution in [1.29, 1.82) is 0 Å². The Kier molecular flexibility index (Phi) is 5.55. The van der Waals surface area contributed by atoms with Crippen molar-refractivity contribution in [1.82, 2.24) is 5.32 Å². The molecule has 1 aliphatic rings. The van der Waals surface area contributed by atoms with E-state index >= 15 is 0 Å². The summed E-state index contributed by atoms with van der Waals surface area (Å²) in [6.07, 6.45) is 4.46. The zero-order valence-electron chi connectivity index (χ0n) is 12.6. The highest BCUT2D eigenvalue weighted by atomic mass is 32.2. The van der Waals surface area contributed by atoms with Crippen LogP contribution >= 0.6 is 0 Å². The number of nitrogens with one attached hydrogen (secondary N) is 1. The Morgan fingerprint density at radius 2 is 2.05 bits per heavy atom. The average Bonchev–Trinajstić information content (AvgIpc) is 2.97. The summed E-state index contributed by atoms with van der Waals surface area (Å²) >= 11 is 0. The van der Waals surface area contributed by atoms with Gasteiger partial charge in [-0.25, -0.2) is 17.9 Å². The highest BCUT2D eigenvalue weighted by Gasteiger charge is 2.26. The molecule has 0 heterocycles. The molecule has 0 aliphatic heterocycles. The Bertz CT molecular complexity index is 615. The van der Waals surface area contributed by atoms with Crippen LogP contribution in [-0.4, -0.2) is 26.2 Å². The fourth-order valence-corrected chi connectivity index (χ4v) is 3.67. The van der Waals surface area contributed by atoms with E-state index in [2.05, 4.69) is 5.32 Å². The summed E-state index contributed by atoms with van der Waals surface area (Å²) < 4.78 is 36.6. The van der Waals surface area contributed by atoms with Crippen molar-refractivity contribution in [3.8, 4) is 0 Å². The number of sulfonamides is 1. The molecule has 0 aromatic heterocycles. The van der Waals surface area contributed by atoms with Gasteiger partial charge in [-0.2, -0.15) is 0 Å². The number of benzene rings is 1. The molecular weight excluding hydrogens is 307 g/mol. The summed E-state index contributed by atoms with van der Waals surface area (Å²) in [6.45, 7) is 1.80. The number of nitrogens with two attached hydrogens (primary N) is 1. The van der Waals surface area contributed by atoms with Crippen molar-refractivity contribution < 1.29 is 17.9 Å². The summed E-state index contributed by atoms with van der Waals surface area (Å²) in [6, 6.07) is 3.26. The van der Waals surface area contributed by atoms with Gasteiger partial charge in [-0.1, -0.05) is 18.9 Å². The third-order valence-corrected chi connectivity index (χ3v) is 5.31. The maximum absolute atomic E-state index is 14.1. The number of aliphatic hydroxyl groups excluding tert-OH is 1. The Labute approximate surface area is 130 Å². The molecule has 1 aliphatic carbocycles. The number of aliphatic hydroxyl groups is 1. The molecule has 2 rings (SSSR count). The topological polar surface area (TPSA) is 92.4 Å². The maximum atomic E-state index is 14.1. The smallest absolute Gasteiger partial charge is 0.238 e. The average molecular weight is 330 g/mol. The first-order valence-electron chi connectivity index (χ1n) is 7.52. The van der Waals surface area contributed by atoms with Crippen molar-refractivity contribution in [2.45, 2.75) is 49.6 Å². The molecule has 1 fully saturated rings. The van der Waals surface area contributed by atoms with E-state index in [1.807, 2.05) is 0 Å². The molecule has 4 N–H and O–H groups in total. The van der Waals surface area contributed by atoms with E-state index in [1.165, 1.54) is 12.1 Å². The van der Waals surface area contributed by atoms with Crippen LogP contribution in [0.1, 0.15) is 44.2 Å². The fraction of sp³-hybridized carbons (Fsp3) is 0.600. The summed E-state index contributed by atoms with van der Waals surface area (Å²) in [4.78, 5) is -0.240. The summed E-state index contributed by atoms with van der Waals surface area (Å²) in [5.41, 5.74) is 0.365. The largest absolute Gasteiger partial charge is 0.395 e. The van der Waals surface area contributed by atoms with Crippen molar-refractivity contribution in [3.63, 3.8) is 0 Å². The van der Waals surface area contributed by atoms with Crippen LogP contribution in [0.2, 0.25) is 0 Å². The lowest BCUT2D eigenvalue weighted by Crippen LogP contribution is -2.40. The van der Waals surface area contributed by atoms with Gasteiger partial charge in [0.05, 0.1) is 11.5 Å². The van der Waals surface area contributed by atoms with Crippen LogP contribution in [0.15, 0.2) is 23.1 Å². The highest BCUT2D eigenvalue weighted by Crippen LogP contribution is 2.29. The third-order valence-electron chi connectivity index (χ3n) is 4.40. The molecule has 7 heteroatoms. The minimum Gasteiger partial charge on any atom is -0.395 e. The Morgan fingerprint density at radius 3 is 2.55 bits per heavy atom. The van der Waals surface area contributed by atoms with Crippen molar-refractivity contribution in [3.05, 3.63) is 29.6 Å². The predicted molar refractivity (Wildman–Crippen MR) is 82.2 cm³/mol. The van der Waals surface area contributed by atoms with E-state index < -0.39 is 15.8 Å². The van der Waals surface area contributed by atoms with Gasteiger partial charge in [0.25, 0.3) is 0 Å². The molecule has 1 aromatic carbocycles. The molecular formula is C15H23FN2O3S. The molecule has 2 atom stereocenters. The van der Waals surface area contributed by atoms with E-state index in [4.69, 9.17) is 5.14 Å². The predicted octanol–water partition coefficient (Wildman–Crippen LogP) is 1.67. The number of halogens is 1. The highest BCUT2D eigenvalue weighted by molar-refractivity contribution is 7.89. The van der Waals surface area contributed by atoms with Crippen LogP contribution in [0.5, 0.6) is 0 Å². The molecule has 5 nitrogen and oxygen atoms in total. The van der Waals surface area contributed by atoms with E-state index in [-0.39, 0.29) is 23.6 Å². The van der Waals surface area contributed by atoms with Gasteiger partial charge in [-0.3, -0.25) is 0 Å². The molecule has 124 valence electrons. The number of hydrogen-bond acceptors (Lipinski definition) is 4. The van der Waals surface area contributed by atoms with Crippen LogP contribution in [-0.2, 0) is 10.0 Å². The van der Waals surface area contributed by atoms with Gasteiger partial charge in [0.15, 0.2) is 0 Å². The van der Waals surface area contributed by atoms with Gasteiger partial charge in [-0.05, 0) is 37.8 Å². The van der Waals surface area contributed by atoms with Crippen molar-refractivity contribution in [2.75, 3.05) is 6.61 Å². The van der Waals surface area contributed by atoms with Gasteiger partial charge >= 0.3 is 0 Å². The first-order chi connectivity index (χ1) is 10.3. The zero-order chi connectivity index (χ0) is 16.3. The van der Waals surface area contributed by atoms with Crippen LogP contribution in [0, 0.1) is 11.7 Å². The summed E-state index contributed by atoms with van der Waals surface area (Å²) in [5.74, 6) is -0.214.